The Balaban J connectivity index is 2.01. The molecule has 2 rings (SSSR count). The first-order valence-corrected chi connectivity index (χ1v) is 6.54. The lowest BCUT2D eigenvalue weighted by Gasteiger charge is -2.29. The number of nitrogens with one attached hydrogen (secondary N) is 1. The molecule has 0 saturated heterocycles. The van der Waals surface area contributed by atoms with Crippen molar-refractivity contribution in [3.8, 4) is 5.75 Å². The second kappa shape index (κ2) is 6.47. The summed E-state index contributed by atoms with van der Waals surface area (Å²) in [7, 11) is 1.31. The average Bonchev–Trinajstić information content (AvgIpc) is 2.46. The van der Waals surface area contributed by atoms with Crippen LogP contribution in [0.25, 0.3) is 0 Å². The van der Waals surface area contributed by atoms with Gasteiger partial charge in [0.1, 0.15) is 12.4 Å². The molecule has 0 saturated carbocycles. The summed E-state index contributed by atoms with van der Waals surface area (Å²) in [6.07, 6.45) is 0.134. The van der Waals surface area contributed by atoms with Crippen LogP contribution in [0.3, 0.4) is 0 Å². The van der Waals surface area contributed by atoms with Gasteiger partial charge in [0.2, 0.25) is 0 Å². The van der Waals surface area contributed by atoms with Gasteiger partial charge in [0.25, 0.3) is 0 Å². The lowest BCUT2D eigenvalue weighted by Crippen LogP contribution is -2.44. The van der Waals surface area contributed by atoms with Gasteiger partial charge in [-0.05, 0) is 18.2 Å². The van der Waals surface area contributed by atoms with Crippen LogP contribution < -0.4 is 15.0 Å². The minimum Gasteiger partial charge on any atom is -0.490 e. The van der Waals surface area contributed by atoms with E-state index in [2.05, 4.69) is 10.1 Å². The molecule has 1 heterocycles. The molecule has 0 aromatic heterocycles. The molecule has 0 aliphatic carbocycles. The average molecular weight is 299 g/mol. The van der Waals surface area contributed by atoms with Crippen molar-refractivity contribution in [1.82, 2.24) is 5.32 Å². The molecule has 6 nitrogen and oxygen atoms in total. The molecule has 0 fully saturated rings. The van der Waals surface area contributed by atoms with Gasteiger partial charge in [-0.1, -0.05) is 11.6 Å². The number of benzene rings is 1. The number of fused-ring (bicyclic) bond motifs is 1. The minimum atomic E-state index is -0.365. The topological polar surface area (TPSA) is 67.9 Å². The van der Waals surface area contributed by atoms with Gasteiger partial charge in [0, 0.05) is 11.6 Å². The predicted octanol–water partition coefficient (Wildman–Crippen LogP) is 1.81. The highest BCUT2D eigenvalue weighted by molar-refractivity contribution is 6.31. The molecule has 20 heavy (non-hydrogen) atoms. The molecule has 1 aliphatic heterocycles. The zero-order valence-corrected chi connectivity index (χ0v) is 11.8. The molecular formula is C13H15ClN2O4. The molecule has 7 heteroatoms. The third kappa shape index (κ3) is 3.33. The maximum absolute atomic E-state index is 12.1. The number of halogens is 1. The maximum atomic E-state index is 12.1. The van der Waals surface area contributed by atoms with Crippen molar-refractivity contribution in [3.63, 3.8) is 0 Å². The highest BCUT2D eigenvalue weighted by Crippen LogP contribution is 2.33. The molecule has 0 radical (unpaired) electrons. The third-order valence-electron chi connectivity index (χ3n) is 2.86. The monoisotopic (exact) mass is 298 g/mol. The Hall–Kier alpha value is -1.95. The Labute approximate surface area is 121 Å². The van der Waals surface area contributed by atoms with E-state index in [1.807, 2.05) is 0 Å². The molecule has 1 N–H and O–H groups in total. The van der Waals surface area contributed by atoms with E-state index in [4.69, 9.17) is 16.3 Å². The molecule has 0 spiro atoms. The number of urea groups is 1. The van der Waals surface area contributed by atoms with Crippen LogP contribution in [0.1, 0.15) is 6.42 Å². The van der Waals surface area contributed by atoms with Gasteiger partial charge in [0.15, 0.2) is 0 Å². The summed E-state index contributed by atoms with van der Waals surface area (Å²) in [6, 6.07) is 4.82. The van der Waals surface area contributed by atoms with Gasteiger partial charge in [-0.3, -0.25) is 9.69 Å². The smallest absolute Gasteiger partial charge is 0.322 e. The van der Waals surface area contributed by atoms with E-state index in [0.29, 0.717) is 29.6 Å². The molecule has 1 aromatic carbocycles. The van der Waals surface area contributed by atoms with Crippen LogP contribution in [0, 0.1) is 0 Å². The van der Waals surface area contributed by atoms with E-state index in [9.17, 15) is 9.59 Å². The Morgan fingerprint density at radius 1 is 1.50 bits per heavy atom. The van der Waals surface area contributed by atoms with Crippen LogP contribution in [-0.2, 0) is 9.53 Å². The number of methoxy groups -OCH3 is 1. The summed E-state index contributed by atoms with van der Waals surface area (Å²) in [4.78, 5) is 24.6. The van der Waals surface area contributed by atoms with Crippen LogP contribution in [0.4, 0.5) is 10.5 Å². The summed E-state index contributed by atoms with van der Waals surface area (Å²) in [5, 5.41) is 3.19. The van der Waals surface area contributed by atoms with Crippen molar-refractivity contribution >= 4 is 29.3 Å². The number of hydrogen-bond acceptors (Lipinski definition) is 4. The first-order valence-electron chi connectivity index (χ1n) is 6.16. The van der Waals surface area contributed by atoms with Crippen molar-refractivity contribution in [2.75, 3.05) is 31.7 Å². The number of esters is 1. The summed E-state index contributed by atoms with van der Waals surface area (Å²) in [5.74, 6) is 0.250. The number of rotatable bonds is 3. The van der Waals surface area contributed by atoms with Crippen molar-refractivity contribution in [3.05, 3.63) is 23.2 Å². The molecule has 0 bridgehead atoms. The van der Waals surface area contributed by atoms with Gasteiger partial charge in [-0.2, -0.15) is 0 Å². The second-order valence-corrected chi connectivity index (χ2v) is 4.61. The van der Waals surface area contributed by atoms with E-state index in [-0.39, 0.29) is 25.0 Å². The molecule has 0 atom stereocenters. The lowest BCUT2D eigenvalue weighted by molar-refractivity contribution is -0.140. The van der Waals surface area contributed by atoms with E-state index in [1.165, 1.54) is 7.11 Å². The van der Waals surface area contributed by atoms with Crippen molar-refractivity contribution in [1.29, 1.82) is 0 Å². The predicted molar refractivity (Wildman–Crippen MR) is 74.3 cm³/mol. The first-order chi connectivity index (χ1) is 9.61. The Morgan fingerprint density at radius 3 is 3.05 bits per heavy atom. The number of ether oxygens (including phenoxy) is 2. The molecule has 2 amide bonds. The van der Waals surface area contributed by atoms with Gasteiger partial charge < -0.3 is 14.8 Å². The van der Waals surface area contributed by atoms with Crippen LogP contribution in [0.15, 0.2) is 18.2 Å². The summed E-state index contributed by atoms with van der Waals surface area (Å²) in [5.41, 5.74) is 0.624. The third-order valence-corrected chi connectivity index (χ3v) is 3.10. The normalized spacial score (nSPS) is 13.2. The molecule has 1 aliphatic rings. The number of nitrogens with zero attached hydrogens (tertiary/aromatic N) is 1. The van der Waals surface area contributed by atoms with Gasteiger partial charge in [-0.15, -0.1) is 0 Å². The van der Waals surface area contributed by atoms with Gasteiger partial charge in [-0.25, -0.2) is 4.79 Å². The van der Waals surface area contributed by atoms with Crippen molar-refractivity contribution in [2.45, 2.75) is 6.42 Å². The standard InChI is InChI=1S/C13H15ClN2O4/c1-19-12(17)4-5-15-13(18)16-6-7-20-11-3-2-9(14)8-10(11)16/h2-3,8H,4-7H2,1H3,(H,15,18). The first kappa shape index (κ1) is 14.5. The Bertz CT molecular complexity index is 521. The van der Waals surface area contributed by atoms with Crippen molar-refractivity contribution in [2.24, 2.45) is 0 Å². The Morgan fingerprint density at radius 2 is 2.30 bits per heavy atom. The van der Waals surface area contributed by atoms with Crippen LogP contribution in [0.5, 0.6) is 5.75 Å². The number of anilines is 1. The summed E-state index contributed by atoms with van der Waals surface area (Å²) < 4.78 is 9.97. The van der Waals surface area contributed by atoms with Gasteiger partial charge in [0.05, 0.1) is 25.8 Å². The fourth-order valence-electron chi connectivity index (χ4n) is 1.87. The highest BCUT2D eigenvalue weighted by atomic mass is 35.5. The molecule has 1 aromatic rings. The molecule has 0 unspecified atom stereocenters. The maximum Gasteiger partial charge on any atom is 0.322 e. The summed E-state index contributed by atoms with van der Waals surface area (Å²) >= 11 is 5.94. The van der Waals surface area contributed by atoms with Gasteiger partial charge >= 0.3 is 12.0 Å². The SMILES string of the molecule is COC(=O)CCNC(=O)N1CCOc2ccc(Cl)cc21. The Kier molecular flexibility index (Phi) is 4.68. The zero-order valence-electron chi connectivity index (χ0n) is 11.0. The number of carbonyl (C=O) groups excluding carboxylic acids is 2. The summed E-state index contributed by atoms with van der Waals surface area (Å²) in [6.45, 7) is 1.06. The van der Waals surface area contributed by atoms with E-state index < -0.39 is 0 Å². The number of carbonyl (C=O) groups is 2. The second-order valence-electron chi connectivity index (χ2n) is 4.17. The van der Waals surface area contributed by atoms with E-state index in [1.54, 1.807) is 23.1 Å². The number of amides is 2. The molecule has 108 valence electrons. The number of hydrogen-bond donors (Lipinski definition) is 1. The van der Waals surface area contributed by atoms with Crippen molar-refractivity contribution < 1.29 is 19.1 Å². The van der Waals surface area contributed by atoms with Crippen LogP contribution in [-0.4, -0.2) is 38.8 Å². The fourth-order valence-corrected chi connectivity index (χ4v) is 2.04. The zero-order chi connectivity index (χ0) is 14.5. The quantitative estimate of drug-likeness (QED) is 0.864. The van der Waals surface area contributed by atoms with E-state index in [0.717, 1.165) is 0 Å². The van der Waals surface area contributed by atoms with E-state index >= 15 is 0 Å². The molecular weight excluding hydrogens is 284 g/mol. The minimum absolute atomic E-state index is 0.134. The van der Waals surface area contributed by atoms with Crippen LogP contribution in [0.2, 0.25) is 5.02 Å². The highest BCUT2D eigenvalue weighted by Gasteiger charge is 2.23. The fraction of sp³-hybridized carbons (Fsp3) is 0.385. The largest absolute Gasteiger partial charge is 0.490 e. The lowest BCUT2D eigenvalue weighted by atomic mass is 10.2. The van der Waals surface area contributed by atoms with Crippen LogP contribution >= 0.6 is 11.6 Å².